The van der Waals surface area contributed by atoms with Gasteiger partial charge in [-0.1, -0.05) is 26.0 Å². The van der Waals surface area contributed by atoms with Crippen LogP contribution in [-0.4, -0.2) is 12.7 Å². The predicted molar refractivity (Wildman–Crippen MR) is 61.2 cm³/mol. The van der Waals surface area contributed by atoms with Crippen molar-refractivity contribution in [2.75, 3.05) is 11.9 Å². The van der Waals surface area contributed by atoms with Crippen molar-refractivity contribution in [3.8, 4) is 0 Å². The Kier molecular flexibility index (Phi) is 4.16. The highest BCUT2D eigenvalue weighted by molar-refractivity contribution is 5.84. The fourth-order valence-corrected chi connectivity index (χ4v) is 1.24. The van der Waals surface area contributed by atoms with E-state index in [0.717, 1.165) is 5.69 Å². The number of anilines is 1. The highest BCUT2D eigenvalue weighted by Gasteiger charge is 2.02. The zero-order valence-corrected chi connectivity index (χ0v) is 9.41. The number of hydrogen-bond acceptors (Lipinski definition) is 2. The Morgan fingerprint density at radius 2 is 1.93 bits per heavy atom. The van der Waals surface area contributed by atoms with Crippen LogP contribution in [0.5, 0.6) is 0 Å². The van der Waals surface area contributed by atoms with Crippen molar-refractivity contribution in [1.29, 1.82) is 0 Å². The summed E-state index contributed by atoms with van der Waals surface area (Å²) in [5.41, 5.74) is 2.02. The molecule has 3 nitrogen and oxygen atoms in total. The zero-order valence-electron chi connectivity index (χ0n) is 9.41. The molecule has 0 fully saturated rings. The second-order valence-electron chi connectivity index (χ2n) is 3.62. The van der Waals surface area contributed by atoms with E-state index >= 15 is 0 Å². The summed E-state index contributed by atoms with van der Waals surface area (Å²) < 4.78 is 4.77. The van der Waals surface area contributed by atoms with Crippen molar-refractivity contribution in [3.05, 3.63) is 29.8 Å². The van der Waals surface area contributed by atoms with Gasteiger partial charge in [-0.15, -0.1) is 0 Å². The van der Waals surface area contributed by atoms with E-state index in [1.54, 1.807) is 6.92 Å². The van der Waals surface area contributed by atoms with Crippen LogP contribution in [-0.2, 0) is 4.74 Å². The molecule has 0 radical (unpaired) electrons. The van der Waals surface area contributed by atoms with Crippen LogP contribution in [0, 0.1) is 0 Å². The molecule has 1 N–H and O–H groups in total. The Morgan fingerprint density at radius 3 is 2.40 bits per heavy atom. The molecule has 0 unspecified atom stereocenters. The average molecular weight is 207 g/mol. The molecular weight excluding hydrogens is 190 g/mol. The Hall–Kier alpha value is -1.51. The molecule has 3 heteroatoms. The van der Waals surface area contributed by atoms with Gasteiger partial charge in [-0.25, -0.2) is 4.79 Å². The summed E-state index contributed by atoms with van der Waals surface area (Å²) in [5.74, 6) is 0.502. The van der Waals surface area contributed by atoms with E-state index in [9.17, 15) is 4.79 Å². The lowest BCUT2D eigenvalue weighted by atomic mass is 10.0. The Balaban J connectivity index is 2.60. The van der Waals surface area contributed by atoms with Gasteiger partial charge in [0, 0.05) is 5.69 Å². The monoisotopic (exact) mass is 207 g/mol. The first kappa shape index (κ1) is 11.6. The first-order valence-electron chi connectivity index (χ1n) is 5.17. The van der Waals surface area contributed by atoms with Gasteiger partial charge in [0.2, 0.25) is 0 Å². The lowest BCUT2D eigenvalue weighted by molar-refractivity contribution is 0.168. The van der Waals surface area contributed by atoms with Gasteiger partial charge in [-0.3, -0.25) is 5.32 Å². The molecule has 0 heterocycles. The SMILES string of the molecule is CCOC(=O)Nc1ccc(C(C)C)cc1. The fraction of sp³-hybridized carbons (Fsp3) is 0.417. The average Bonchev–Trinajstić information content (AvgIpc) is 2.18. The summed E-state index contributed by atoms with van der Waals surface area (Å²) in [6.45, 7) is 6.43. The normalized spacial score (nSPS) is 10.1. The van der Waals surface area contributed by atoms with Gasteiger partial charge in [0.05, 0.1) is 6.61 Å². The molecule has 1 amide bonds. The first-order chi connectivity index (χ1) is 7.13. The van der Waals surface area contributed by atoms with Crippen LogP contribution in [0.15, 0.2) is 24.3 Å². The number of benzene rings is 1. The second-order valence-corrected chi connectivity index (χ2v) is 3.62. The van der Waals surface area contributed by atoms with Gasteiger partial charge >= 0.3 is 6.09 Å². The van der Waals surface area contributed by atoms with Crippen molar-refractivity contribution in [1.82, 2.24) is 0 Å². The number of carbonyl (C=O) groups is 1. The quantitative estimate of drug-likeness (QED) is 0.825. The third-order valence-electron chi connectivity index (χ3n) is 2.10. The van der Waals surface area contributed by atoms with Gasteiger partial charge in [-0.05, 0) is 30.5 Å². The molecule has 0 saturated carbocycles. The maximum absolute atomic E-state index is 11.1. The highest BCUT2D eigenvalue weighted by atomic mass is 16.5. The van der Waals surface area contributed by atoms with E-state index < -0.39 is 6.09 Å². The van der Waals surface area contributed by atoms with Crippen LogP contribution in [0.4, 0.5) is 10.5 Å². The molecule has 0 saturated heterocycles. The van der Waals surface area contributed by atoms with Crippen LogP contribution < -0.4 is 5.32 Å². The molecule has 0 aliphatic heterocycles. The third-order valence-corrected chi connectivity index (χ3v) is 2.10. The minimum atomic E-state index is -0.408. The summed E-state index contributed by atoms with van der Waals surface area (Å²) in [5, 5.41) is 2.65. The van der Waals surface area contributed by atoms with E-state index in [1.165, 1.54) is 5.56 Å². The molecule has 0 aliphatic rings. The molecule has 0 atom stereocenters. The van der Waals surface area contributed by atoms with Crippen molar-refractivity contribution in [2.24, 2.45) is 0 Å². The molecule has 15 heavy (non-hydrogen) atoms. The van der Waals surface area contributed by atoms with Crippen LogP contribution in [0.2, 0.25) is 0 Å². The maximum Gasteiger partial charge on any atom is 0.411 e. The fourth-order valence-electron chi connectivity index (χ4n) is 1.24. The lowest BCUT2D eigenvalue weighted by Crippen LogP contribution is -2.13. The second kappa shape index (κ2) is 5.39. The number of ether oxygens (including phenoxy) is 1. The summed E-state index contributed by atoms with van der Waals surface area (Å²) in [6.07, 6.45) is -0.408. The van der Waals surface area contributed by atoms with Crippen molar-refractivity contribution >= 4 is 11.8 Å². The van der Waals surface area contributed by atoms with Gasteiger partial charge < -0.3 is 4.74 Å². The lowest BCUT2D eigenvalue weighted by Gasteiger charge is -2.08. The topological polar surface area (TPSA) is 38.3 Å². The first-order valence-corrected chi connectivity index (χ1v) is 5.17. The molecule has 0 spiro atoms. The van der Waals surface area contributed by atoms with Gasteiger partial charge in [-0.2, -0.15) is 0 Å². The third kappa shape index (κ3) is 3.62. The Bertz CT molecular complexity index is 317. The standard InChI is InChI=1S/C12H17NO2/c1-4-15-12(14)13-11-7-5-10(6-8-11)9(2)3/h5-9H,4H2,1-3H3,(H,13,14). The number of hydrogen-bond donors (Lipinski definition) is 1. The zero-order chi connectivity index (χ0) is 11.3. The Labute approximate surface area is 90.4 Å². The molecule has 0 aliphatic carbocycles. The van der Waals surface area contributed by atoms with E-state index in [1.807, 2.05) is 24.3 Å². The van der Waals surface area contributed by atoms with Crippen LogP contribution in [0.1, 0.15) is 32.3 Å². The number of amides is 1. The van der Waals surface area contributed by atoms with Crippen molar-refractivity contribution < 1.29 is 9.53 Å². The van der Waals surface area contributed by atoms with Gasteiger partial charge in [0.1, 0.15) is 0 Å². The molecule has 1 aromatic carbocycles. The predicted octanol–water partition coefficient (Wildman–Crippen LogP) is 3.38. The largest absolute Gasteiger partial charge is 0.450 e. The van der Waals surface area contributed by atoms with E-state index in [4.69, 9.17) is 4.74 Å². The molecule has 1 rings (SSSR count). The summed E-state index contributed by atoms with van der Waals surface area (Å²) in [6, 6.07) is 7.77. The van der Waals surface area contributed by atoms with E-state index in [2.05, 4.69) is 19.2 Å². The van der Waals surface area contributed by atoms with Crippen LogP contribution >= 0.6 is 0 Å². The molecule has 0 bridgehead atoms. The molecule has 82 valence electrons. The number of carbonyl (C=O) groups excluding carboxylic acids is 1. The minimum absolute atomic E-state index is 0.385. The molecule has 1 aromatic rings. The molecule has 0 aromatic heterocycles. The van der Waals surface area contributed by atoms with Crippen LogP contribution in [0.25, 0.3) is 0 Å². The maximum atomic E-state index is 11.1. The Morgan fingerprint density at radius 1 is 1.33 bits per heavy atom. The van der Waals surface area contributed by atoms with Crippen molar-refractivity contribution in [3.63, 3.8) is 0 Å². The summed E-state index contributed by atoms with van der Waals surface area (Å²) in [7, 11) is 0. The highest BCUT2D eigenvalue weighted by Crippen LogP contribution is 2.17. The van der Waals surface area contributed by atoms with E-state index in [-0.39, 0.29) is 0 Å². The van der Waals surface area contributed by atoms with Crippen LogP contribution in [0.3, 0.4) is 0 Å². The number of nitrogens with one attached hydrogen (secondary N) is 1. The van der Waals surface area contributed by atoms with E-state index in [0.29, 0.717) is 12.5 Å². The summed E-state index contributed by atoms with van der Waals surface area (Å²) in [4.78, 5) is 11.1. The van der Waals surface area contributed by atoms with Gasteiger partial charge in [0.15, 0.2) is 0 Å². The van der Waals surface area contributed by atoms with Crippen molar-refractivity contribution in [2.45, 2.75) is 26.7 Å². The summed E-state index contributed by atoms with van der Waals surface area (Å²) >= 11 is 0. The minimum Gasteiger partial charge on any atom is -0.450 e. The van der Waals surface area contributed by atoms with Gasteiger partial charge in [0.25, 0.3) is 0 Å². The number of rotatable bonds is 3. The molecular formula is C12H17NO2. The smallest absolute Gasteiger partial charge is 0.411 e.